The Kier molecular flexibility index (Phi) is 3.83. The molecule has 1 atom stereocenters. The van der Waals surface area contributed by atoms with Crippen molar-refractivity contribution in [3.05, 3.63) is 35.4 Å². The van der Waals surface area contributed by atoms with Gasteiger partial charge in [0.2, 0.25) is 0 Å². The van der Waals surface area contributed by atoms with Gasteiger partial charge in [-0.15, -0.1) is 0 Å². The Morgan fingerprint density at radius 1 is 1.40 bits per heavy atom. The van der Waals surface area contributed by atoms with Gasteiger partial charge in [-0.05, 0) is 38.6 Å². The van der Waals surface area contributed by atoms with Gasteiger partial charge in [-0.1, -0.05) is 29.8 Å². The van der Waals surface area contributed by atoms with Crippen LogP contribution in [0.5, 0.6) is 0 Å². The number of aliphatic hydroxyl groups is 1. The summed E-state index contributed by atoms with van der Waals surface area (Å²) in [5.74, 6) is 0. The standard InChI is InChI=1S/C12H16O2S/c1-4-14-11(15)12(3,13)10-7-5-9(2)6-8-10/h5-8,13H,4H2,1-3H3. The van der Waals surface area contributed by atoms with Crippen LogP contribution in [0, 0.1) is 6.92 Å². The molecule has 0 spiro atoms. The van der Waals surface area contributed by atoms with E-state index in [1.54, 1.807) is 6.92 Å². The van der Waals surface area contributed by atoms with Crippen LogP contribution in [0.15, 0.2) is 24.3 Å². The van der Waals surface area contributed by atoms with E-state index >= 15 is 0 Å². The molecule has 1 unspecified atom stereocenters. The maximum absolute atomic E-state index is 10.2. The topological polar surface area (TPSA) is 29.5 Å². The van der Waals surface area contributed by atoms with Crippen LogP contribution in [-0.2, 0) is 10.3 Å². The molecule has 0 aliphatic rings. The van der Waals surface area contributed by atoms with Gasteiger partial charge >= 0.3 is 0 Å². The van der Waals surface area contributed by atoms with Crippen LogP contribution in [0.3, 0.4) is 0 Å². The van der Waals surface area contributed by atoms with Gasteiger partial charge in [-0.3, -0.25) is 0 Å². The molecule has 1 N–H and O–H groups in total. The molecule has 0 bridgehead atoms. The molecule has 0 heterocycles. The molecule has 1 aromatic carbocycles. The van der Waals surface area contributed by atoms with Crippen LogP contribution in [0.1, 0.15) is 25.0 Å². The van der Waals surface area contributed by atoms with Crippen molar-refractivity contribution in [3.8, 4) is 0 Å². The third-order valence-corrected chi connectivity index (χ3v) is 2.80. The fraction of sp³-hybridized carbons (Fsp3) is 0.417. The molecule has 0 amide bonds. The summed E-state index contributed by atoms with van der Waals surface area (Å²) in [6, 6.07) is 7.61. The van der Waals surface area contributed by atoms with Gasteiger partial charge in [0.15, 0.2) is 10.7 Å². The highest BCUT2D eigenvalue weighted by atomic mass is 32.1. The van der Waals surface area contributed by atoms with E-state index < -0.39 is 5.60 Å². The zero-order valence-electron chi connectivity index (χ0n) is 9.28. The van der Waals surface area contributed by atoms with Crippen LogP contribution in [0.2, 0.25) is 0 Å². The van der Waals surface area contributed by atoms with E-state index in [1.807, 2.05) is 38.1 Å². The quantitative estimate of drug-likeness (QED) is 0.800. The third-order valence-electron chi connectivity index (χ3n) is 2.29. The summed E-state index contributed by atoms with van der Waals surface area (Å²) in [5, 5.41) is 10.4. The number of aryl methyl sites for hydroxylation is 1. The van der Waals surface area contributed by atoms with E-state index in [2.05, 4.69) is 0 Å². The number of hydrogen-bond donors (Lipinski definition) is 1. The predicted molar refractivity (Wildman–Crippen MR) is 65.0 cm³/mol. The van der Waals surface area contributed by atoms with E-state index in [0.717, 1.165) is 11.1 Å². The molecule has 0 saturated carbocycles. The summed E-state index contributed by atoms with van der Waals surface area (Å²) < 4.78 is 5.17. The normalized spacial score (nSPS) is 14.4. The summed E-state index contributed by atoms with van der Waals surface area (Å²) >= 11 is 5.03. The maximum Gasteiger partial charge on any atom is 0.196 e. The first-order valence-electron chi connectivity index (χ1n) is 4.95. The number of ether oxygens (including phenoxy) is 1. The van der Waals surface area contributed by atoms with Crippen molar-refractivity contribution in [2.45, 2.75) is 26.4 Å². The monoisotopic (exact) mass is 224 g/mol. The van der Waals surface area contributed by atoms with E-state index in [1.165, 1.54) is 0 Å². The number of thiocarbonyl (C=S) groups is 1. The second kappa shape index (κ2) is 4.73. The summed E-state index contributed by atoms with van der Waals surface area (Å²) in [4.78, 5) is 0. The third kappa shape index (κ3) is 2.76. The Labute approximate surface area is 95.9 Å². The Balaban J connectivity index is 2.94. The van der Waals surface area contributed by atoms with Crippen molar-refractivity contribution in [1.82, 2.24) is 0 Å². The highest BCUT2D eigenvalue weighted by molar-refractivity contribution is 7.80. The van der Waals surface area contributed by atoms with Gasteiger partial charge in [0, 0.05) is 0 Å². The summed E-state index contributed by atoms with van der Waals surface area (Å²) in [6.45, 7) is 5.97. The Bertz CT molecular complexity index is 341. The second-order valence-electron chi connectivity index (χ2n) is 3.66. The molecule has 15 heavy (non-hydrogen) atoms. The van der Waals surface area contributed by atoms with Crippen molar-refractivity contribution in [1.29, 1.82) is 0 Å². The largest absolute Gasteiger partial charge is 0.484 e. The van der Waals surface area contributed by atoms with E-state index in [4.69, 9.17) is 17.0 Å². The molecule has 0 fully saturated rings. The number of benzene rings is 1. The maximum atomic E-state index is 10.2. The zero-order chi connectivity index (χ0) is 11.5. The molecule has 82 valence electrons. The van der Waals surface area contributed by atoms with Gasteiger partial charge in [0.1, 0.15) is 0 Å². The SMILES string of the molecule is CCOC(=S)C(C)(O)c1ccc(C)cc1. The Morgan fingerprint density at radius 2 is 1.93 bits per heavy atom. The highest BCUT2D eigenvalue weighted by Crippen LogP contribution is 2.23. The van der Waals surface area contributed by atoms with Gasteiger partial charge in [0.25, 0.3) is 0 Å². The van der Waals surface area contributed by atoms with Crippen molar-refractivity contribution < 1.29 is 9.84 Å². The smallest absolute Gasteiger partial charge is 0.196 e. The predicted octanol–water partition coefficient (Wildman–Crippen LogP) is 2.57. The van der Waals surface area contributed by atoms with E-state index in [0.29, 0.717) is 6.61 Å². The van der Waals surface area contributed by atoms with Gasteiger partial charge in [0.05, 0.1) is 6.61 Å². The Hall–Kier alpha value is -0.930. The summed E-state index contributed by atoms with van der Waals surface area (Å²) in [7, 11) is 0. The molecule has 1 rings (SSSR count). The molecule has 0 aliphatic heterocycles. The fourth-order valence-corrected chi connectivity index (χ4v) is 1.50. The fourth-order valence-electron chi connectivity index (χ4n) is 1.27. The van der Waals surface area contributed by atoms with E-state index in [-0.39, 0.29) is 5.05 Å². The van der Waals surface area contributed by atoms with Crippen LogP contribution < -0.4 is 0 Å². The molecular weight excluding hydrogens is 208 g/mol. The minimum absolute atomic E-state index is 0.217. The van der Waals surface area contributed by atoms with Crippen LogP contribution in [-0.4, -0.2) is 16.8 Å². The number of rotatable bonds is 3. The second-order valence-corrected chi connectivity index (χ2v) is 4.03. The first kappa shape index (κ1) is 12.1. The molecule has 0 saturated heterocycles. The number of hydrogen-bond acceptors (Lipinski definition) is 3. The molecule has 0 aliphatic carbocycles. The molecule has 0 radical (unpaired) electrons. The van der Waals surface area contributed by atoms with Gasteiger partial charge in [-0.2, -0.15) is 0 Å². The van der Waals surface area contributed by atoms with Crippen LogP contribution in [0.4, 0.5) is 0 Å². The molecule has 1 aromatic rings. The summed E-state index contributed by atoms with van der Waals surface area (Å²) in [5.41, 5.74) is 0.711. The minimum atomic E-state index is -1.20. The Morgan fingerprint density at radius 3 is 2.40 bits per heavy atom. The van der Waals surface area contributed by atoms with Crippen molar-refractivity contribution in [2.75, 3.05) is 6.61 Å². The van der Waals surface area contributed by atoms with Gasteiger partial charge in [-0.25, -0.2) is 0 Å². The average Bonchev–Trinajstić information content (AvgIpc) is 2.18. The molecule has 0 aromatic heterocycles. The lowest BCUT2D eigenvalue weighted by Gasteiger charge is -2.24. The summed E-state index contributed by atoms with van der Waals surface area (Å²) in [6.07, 6.45) is 0. The molecule has 2 nitrogen and oxygen atoms in total. The van der Waals surface area contributed by atoms with Crippen LogP contribution in [0.25, 0.3) is 0 Å². The zero-order valence-corrected chi connectivity index (χ0v) is 10.1. The van der Waals surface area contributed by atoms with Crippen molar-refractivity contribution in [3.63, 3.8) is 0 Å². The van der Waals surface area contributed by atoms with Crippen LogP contribution >= 0.6 is 12.2 Å². The van der Waals surface area contributed by atoms with E-state index in [9.17, 15) is 5.11 Å². The van der Waals surface area contributed by atoms with Gasteiger partial charge < -0.3 is 9.84 Å². The lowest BCUT2D eigenvalue weighted by Crippen LogP contribution is -2.32. The van der Waals surface area contributed by atoms with Crippen molar-refractivity contribution >= 4 is 17.3 Å². The minimum Gasteiger partial charge on any atom is -0.484 e. The highest BCUT2D eigenvalue weighted by Gasteiger charge is 2.29. The lowest BCUT2D eigenvalue weighted by atomic mass is 9.96. The van der Waals surface area contributed by atoms with Crippen molar-refractivity contribution in [2.24, 2.45) is 0 Å². The first-order valence-corrected chi connectivity index (χ1v) is 5.36. The molecular formula is C12H16O2S. The lowest BCUT2D eigenvalue weighted by molar-refractivity contribution is 0.102. The average molecular weight is 224 g/mol. The first-order chi connectivity index (χ1) is 6.98. The molecule has 3 heteroatoms.